The second kappa shape index (κ2) is 5.29. The van der Waals surface area contributed by atoms with Gasteiger partial charge in [-0.05, 0) is 67.0 Å². The molecule has 2 atom stereocenters. The molecule has 2 unspecified atom stereocenters. The highest BCUT2D eigenvalue weighted by Gasteiger charge is 2.34. The molecule has 3 heteroatoms. The van der Waals surface area contributed by atoms with Crippen LogP contribution in [0.25, 0.3) is 0 Å². The fraction of sp³-hybridized carbons (Fsp3) is 0.556. The van der Waals surface area contributed by atoms with Crippen molar-refractivity contribution in [1.29, 1.82) is 0 Å². The number of aryl methyl sites for hydroxylation is 1. The number of rotatable bonds is 3. The van der Waals surface area contributed by atoms with Crippen molar-refractivity contribution in [3.05, 3.63) is 45.4 Å². The van der Waals surface area contributed by atoms with Gasteiger partial charge < -0.3 is 9.67 Å². The van der Waals surface area contributed by atoms with Crippen LogP contribution in [0.15, 0.2) is 22.9 Å². The van der Waals surface area contributed by atoms with Gasteiger partial charge in [-0.3, -0.25) is 0 Å². The van der Waals surface area contributed by atoms with Crippen LogP contribution in [0.5, 0.6) is 0 Å². The Morgan fingerprint density at radius 1 is 1.48 bits per heavy atom. The van der Waals surface area contributed by atoms with E-state index >= 15 is 0 Å². The summed E-state index contributed by atoms with van der Waals surface area (Å²) in [7, 11) is 0. The molecule has 2 nitrogen and oxygen atoms in total. The Labute approximate surface area is 131 Å². The minimum Gasteiger partial charge on any atom is -0.388 e. The highest BCUT2D eigenvalue weighted by Crippen LogP contribution is 2.43. The molecule has 0 fully saturated rings. The average Bonchev–Trinajstić information content (AvgIpc) is 2.95. The second-order valence-corrected chi connectivity index (χ2v) is 8.08. The molecule has 0 radical (unpaired) electrons. The van der Waals surface area contributed by atoms with E-state index in [1.165, 1.54) is 17.0 Å². The van der Waals surface area contributed by atoms with Gasteiger partial charge in [0.2, 0.25) is 0 Å². The monoisotopic (exact) mass is 303 g/mol. The van der Waals surface area contributed by atoms with E-state index in [9.17, 15) is 5.11 Å². The number of thiophene rings is 1. The number of fused-ring (bicyclic) bond motifs is 1. The van der Waals surface area contributed by atoms with Crippen molar-refractivity contribution < 1.29 is 5.11 Å². The third kappa shape index (κ3) is 2.82. The van der Waals surface area contributed by atoms with Crippen LogP contribution in [-0.4, -0.2) is 9.67 Å². The number of nitrogens with zero attached hydrogens (tertiary/aromatic N) is 1. The average molecular weight is 303 g/mol. The summed E-state index contributed by atoms with van der Waals surface area (Å²) < 4.78 is 2.46. The summed E-state index contributed by atoms with van der Waals surface area (Å²) in [5, 5.41) is 14.8. The van der Waals surface area contributed by atoms with Gasteiger partial charge in [-0.25, -0.2) is 0 Å². The van der Waals surface area contributed by atoms with Crippen molar-refractivity contribution in [2.45, 2.75) is 59.1 Å². The molecule has 3 rings (SSSR count). The molecule has 1 aliphatic carbocycles. The van der Waals surface area contributed by atoms with Gasteiger partial charge in [0.25, 0.3) is 0 Å². The van der Waals surface area contributed by atoms with E-state index in [0.29, 0.717) is 6.04 Å². The molecule has 0 saturated heterocycles. The van der Waals surface area contributed by atoms with E-state index in [0.717, 1.165) is 24.8 Å². The predicted octanol–water partition coefficient (Wildman–Crippen LogP) is 4.67. The predicted molar refractivity (Wildman–Crippen MR) is 89.0 cm³/mol. The van der Waals surface area contributed by atoms with Gasteiger partial charge in [-0.1, -0.05) is 13.8 Å². The van der Waals surface area contributed by atoms with Crippen LogP contribution in [0.2, 0.25) is 0 Å². The molecule has 1 N–H and O–H groups in total. The largest absolute Gasteiger partial charge is 0.388 e. The normalized spacial score (nSPS) is 22.0. The first-order chi connectivity index (χ1) is 9.87. The van der Waals surface area contributed by atoms with Crippen molar-refractivity contribution in [1.82, 2.24) is 4.57 Å². The summed E-state index contributed by atoms with van der Waals surface area (Å²) in [5.41, 5.74) is 5.37. The molecular weight excluding hydrogens is 278 g/mol. The van der Waals surface area contributed by atoms with Gasteiger partial charge in [0, 0.05) is 23.0 Å². The molecule has 0 amide bonds. The van der Waals surface area contributed by atoms with Crippen LogP contribution < -0.4 is 0 Å². The summed E-state index contributed by atoms with van der Waals surface area (Å²) in [5.74, 6) is 0. The Balaban J connectivity index is 1.96. The number of aliphatic hydroxyl groups excluding tert-OH is 1. The highest BCUT2D eigenvalue weighted by atomic mass is 32.1. The molecular formula is C18H25NOS. The van der Waals surface area contributed by atoms with E-state index in [1.54, 1.807) is 11.3 Å². The molecule has 2 heterocycles. The number of aliphatic hydroxyl groups is 1. The van der Waals surface area contributed by atoms with E-state index in [2.05, 4.69) is 55.2 Å². The van der Waals surface area contributed by atoms with Crippen LogP contribution in [0, 0.1) is 12.3 Å². The van der Waals surface area contributed by atoms with E-state index in [1.807, 2.05) is 0 Å². The molecule has 0 saturated carbocycles. The summed E-state index contributed by atoms with van der Waals surface area (Å²) in [6.45, 7) is 8.98. The maximum Gasteiger partial charge on any atom is 0.0812 e. The summed E-state index contributed by atoms with van der Waals surface area (Å²) in [4.78, 5) is 0. The lowest BCUT2D eigenvalue weighted by Gasteiger charge is -2.35. The quantitative estimate of drug-likeness (QED) is 0.876. The summed E-state index contributed by atoms with van der Waals surface area (Å²) >= 11 is 1.76. The topological polar surface area (TPSA) is 25.2 Å². The fourth-order valence-electron chi connectivity index (χ4n) is 3.82. The first-order valence-electron chi connectivity index (χ1n) is 7.77. The zero-order valence-corrected chi connectivity index (χ0v) is 14.2. The lowest BCUT2D eigenvalue weighted by Crippen LogP contribution is -2.27. The first-order valence-corrected chi connectivity index (χ1v) is 8.71. The molecule has 21 heavy (non-hydrogen) atoms. The van der Waals surface area contributed by atoms with E-state index in [-0.39, 0.29) is 11.5 Å². The van der Waals surface area contributed by atoms with Crippen molar-refractivity contribution in [2.75, 3.05) is 0 Å². The molecule has 0 aliphatic heterocycles. The van der Waals surface area contributed by atoms with Crippen LogP contribution in [0.3, 0.4) is 0 Å². The molecule has 1 aliphatic rings. The van der Waals surface area contributed by atoms with Crippen LogP contribution in [0.1, 0.15) is 61.9 Å². The molecule has 2 aromatic heterocycles. The third-order valence-corrected chi connectivity index (χ3v) is 5.40. The number of aromatic nitrogens is 1. The molecule has 0 aromatic carbocycles. The minimum absolute atomic E-state index is 0.178. The zero-order chi connectivity index (χ0) is 15.2. The number of hydrogen-bond acceptors (Lipinski definition) is 2. The summed E-state index contributed by atoms with van der Waals surface area (Å²) in [6.07, 6.45) is 2.67. The fourth-order valence-corrected chi connectivity index (χ4v) is 4.50. The van der Waals surface area contributed by atoms with Gasteiger partial charge in [-0.2, -0.15) is 11.3 Å². The van der Waals surface area contributed by atoms with Crippen molar-refractivity contribution in [2.24, 2.45) is 5.41 Å². The van der Waals surface area contributed by atoms with Crippen molar-refractivity contribution >= 4 is 11.3 Å². The SMILES string of the molecule is Cc1cc2c(n1C(C)Cc1ccsc1)CC(C)(C)CC2O. The maximum atomic E-state index is 10.5. The zero-order valence-electron chi connectivity index (χ0n) is 13.4. The minimum atomic E-state index is -0.308. The lowest BCUT2D eigenvalue weighted by atomic mass is 9.75. The second-order valence-electron chi connectivity index (χ2n) is 7.30. The van der Waals surface area contributed by atoms with Gasteiger partial charge in [0.1, 0.15) is 0 Å². The Bertz CT molecular complexity index is 624. The molecule has 0 spiro atoms. The van der Waals surface area contributed by atoms with Crippen molar-refractivity contribution in [3.63, 3.8) is 0 Å². The van der Waals surface area contributed by atoms with E-state index < -0.39 is 0 Å². The molecule has 114 valence electrons. The molecule has 0 bridgehead atoms. The third-order valence-electron chi connectivity index (χ3n) is 4.67. The Morgan fingerprint density at radius 2 is 2.24 bits per heavy atom. The Kier molecular flexibility index (Phi) is 3.74. The first kappa shape index (κ1) is 14.9. The molecule has 2 aromatic rings. The van der Waals surface area contributed by atoms with Gasteiger partial charge in [0.15, 0.2) is 0 Å². The standard InChI is InChI=1S/C18H25NOS/c1-12(7-14-5-6-21-11-14)19-13(2)8-15-16(19)9-18(3,4)10-17(15)20/h5-6,8,11-12,17,20H,7,9-10H2,1-4H3. The van der Waals surface area contributed by atoms with Gasteiger partial charge in [-0.15, -0.1) is 0 Å². The smallest absolute Gasteiger partial charge is 0.0812 e. The Morgan fingerprint density at radius 3 is 2.90 bits per heavy atom. The van der Waals surface area contributed by atoms with Crippen molar-refractivity contribution in [3.8, 4) is 0 Å². The van der Waals surface area contributed by atoms with E-state index in [4.69, 9.17) is 0 Å². The highest BCUT2D eigenvalue weighted by molar-refractivity contribution is 7.07. The van der Waals surface area contributed by atoms with Crippen LogP contribution in [-0.2, 0) is 12.8 Å². The van der Waals surface area contributed by atoms with Gasteiger partial charge in [0.05, 0.1) is 6.10 Å². The van der Waals surface area contributed by atoms with Crippen LogP contribution in [0.4, 0.5) is 0 Å². The van der Waals surface area contributed by atoms with Gasteiger partial charge >= 0.3 is 0 Å². The maximum absolute atomic E-state index is 10.5. The lowest BCUT2D eigenvalue weighted by molar-refractivity contribution is 0.0975. The number of hydrogen-bond donors (Lipinski definition) is 1. The van der Waals surface area contributed by atoms with Crippen LogP contribution >= 0.6 is 11.3 Å². The summed E-state index contributed by atoms with van der Waals surface area (Å²) in [6, 6.07) is 4.84. The Hall–Kier alpha value is -1.06.